The zero-order chi connectivity index (χ0) is 17.9. The van der Waals surface area contributed by atoms with Gasteiger partial charge in [0.25, 0.3) is 11.8 Å². The van der Waals surface area contributed by atoms with E-state index >= 15 is 0 Å². The van der Waals surface area contributed by atoms with Crippen molar-refractivity contribution in [2.24, 2.45) is 5.14 Å². The number of hydrazine groups is 1. The van der Waals surface area contributed by atoms with Gasteiger partial charge >= 0.3 is 0 Å². The summed E-state index contributed by atoms with van der Waals surface area (Å²) in [4.78, 5) is 23.5. The van der Waals surface area contributed by atoms with Crippen LogP contribution in [0.15, 0.2) is 47.4 Å². The van der Waals surface area contributed by atoms with Crippen LogP contribution in [0.3, 0.4) is 0 Å². The molecule has 0 spiro atoms. The van der Waals surface area contributed by atoms with Crippen LogP contribution in [0.1, 0.15) is 20.7 Å². The molecule has 0 saturated carbocycles. The molecule has 2 aromatic carbocycles. The van der Waals surface area contributed by atoms with E-state index in [9.17, 15) is 22.4 Å². The minimum absolute atomic E-state index is 0.0555. The van der Waals surface area contributed by atoms with E-state index in [4.69, 9.17) is 16.7 Å². The smallest absolute Gasteiger partial charge is 0.267 e. The summed E-state index contributed by atoms with van der Waals surface area (Å²) >= 11 is 5.83. The third-order valence-electron chi connectivity index (χ3n) is 2.92. The number of nitrogens with two attached hydrogens (primary N) is 1. The quantitative estimate of drug-likeness (QED) is 0.702. The zero-order valence-corrected chi connectivity index (χ0v) is 13.5. The lowest BCUT2D eigenvalue weighted by atomic mass is 10.2. The van der Waals surface area contributed by atoms with Crippen molar-refractivity contribution >= 4 is 33.4 Å². The lowest BCUT2D eigenvalue weighted by molar-refractivity contribution is 0.0844. The first-order valence-electron chi connectivity index (χ1n) is 6.37. The number of primary sulfonamides is 1. The van der Waals surface area contributed by atoms with Crippen LogP contribution in [-0.4, -0.2) is 20.2 Å². The monoisotopic (exact) mass is 371 g/mol. The Labute approximate surface area is 141 Å². The molecule has 0 heterocycles. The van der Waals surface area contributed by atoms with E-state index in [1.807, 2.05) is 10.9 Å². The Hall–Kier alpha value is -2.49. The minimum Gasteiger partial charge on any atom is -0.267 e. The Kier molecular flexibility index (Phi) is 5.17. The van der Waals surface area contributed by atoms with E-state index < -0.39 is 27.7 Å². The van der Waals surface area contributed by atoms with Gasteiger partial charge in [0, 0.05) is 0 Å². The van der Waals surface area contributed by atoms with Gasteiger partial charge in [0.05, 0.1) is 21.0 Å². The molecule has 126 valence electrons. The first kappa shape index (κ1) is 17.9. The van der Waals surface area contributed by atoms with Crippen molar-refractivity contribution in [2.75, 3.05) is 0 Å². The van der Waals surface area contributed by atoms with E-state index in [2.05, 4.69) is 0 Å². The Morgan fingerprint density at radius 3 is 2.17 bits per heavy atom. The molecule has 7 nitrogen and oxygen atoms in total. The summed E-state index contributed by atoms with van der Waals surface area (Å²) in [6.45, 7) is 0. The van der Waals surface area contributed by atoms with Crippen molar-refractivity contribution < 1.29 is 22.4 Å². The van der Waals surface area contributed by atoms with Gasteiger partial charge in [0.2, 0.25) is 10.0 Å². The number of rotatable bonds is 3. The maximum Gasteiger partial charge on any atom is 0.272 e. The van der Waals surface area contributed by atoms with Crippen LogP contribution in [0.4, 0.5) is 4.39 Å². The second kappa shape index (κ2) is 6.95. The third kappa shape index (κ3) is 4.07. The summed E-state index contributed by atoms with van der Waals surface area (Å²) in [5, 5.41) is 4.92. The van der Waals surface area contributed by atoms with Crippen LogP contribution in [0, 0.1) is 5.82 Å². The second-order valence-electron chi connectivity index (χ2n) is 4.57. The molecule has 0 aliphatic rings. The average Bonchev–Trinajstić information content (AvgIpc) is 2.52. The van der Waals surface area contributed by atoms with E-state index in [0.29, 0.717) is 0 Å². The molecule has 24 heavy (non-hydrogen) atoms. The number of hydrogen-bond acceptors (Lipinski definition) is 4. The Bertz CT molecular complexity index is 918. The van der Waals surface area contributed by atoms with Crippen LogP contribution >= 0.6 is 11.6 Å². The van der Waals surface area contributed by atoms with Crippen LogP contribution in [0.2, 0.25) is 5.02 Å². The van der Waals surface area contributed by atoms with Crippen molar-refractivity contribution in [1.82, 2.24) is 10.9 Å². The highest BCUT2D eigenvalue weighted by Gasteiger charge is 2.17. The zero-order valence-electron chi connectivity index (χ0n) is 11.9. The maximum atomic E-state index is 13.5. The number of halogens is 2. The van der Waals surface area contributed by atoms with Crippen LogP contribution in [0.5, 0.6) is 0 Å². The fourth-order valence-electron chi connectivity index (χ4n) is 1.75. The summed E-state index contributed by atoms with van der Waals surface area (Å²) < 4.78 is 36.1. The standard InChI is InChI=1S/C14H11ClFN3O4S/c15-11-6-5-8(24(17,22)23)7-10(11)14(21)19-18-13(20)9-3-1-2-4-12(9)16/h1-7H,(H,18,20)(H,19,21)(H2,17,22,23). The summed E-state index contributed by atoms with van der Waals surface area (Å²) in [5.74, 6) is -2.55. The molecule has 10 heteroatoms. The lowest BCUT2D eigenvalue weighted by Crippen LogP contribution is -2.42. The molecule has 4 N–H and O–H groups in total. The predicted molar refractivity (Wildman–Crippen MR) is 84.2 cm³/mol. The van der Waals surface area contributed by atoms with Gasteiger partial charge in [-0.25, -0.2) is 17.9 Å². The fourth-order valence-corrected chi connectivity index (χ4v) is 2.49. The van der Waals surface area contributed by atoms with Crippen LogP contribution in [0.25, 0.3) is 0 Å². The molecular weight excluding hydrogens is 361 g/mol. The minimum atomic E-state index is -4.03. The lowest BCUT2D eigenvalue weighted by Gasteiger charge is -2.10. The third-order valence-corrected chi connectivity index (χ3v) is 4.16. The molecule has 0 atom stereocenters. The highest BCUT2D eigenvalue weighted by Crippen LogP contribution is 2.19. The molecular formula is C14H11ClFN3O4S. The molecule has 0 bridgehead atoms. The van der Waals surface area contributed by atoms with Crippen molar-refractivity contribution in [3.63, 3.8) is 0 Å². The molecule has 0 fully saturated rings. The summed E-state index contributed by atoms with van der Waals surface area (Å²) in [6.07, 6.45) is 0. The number of hydrogen-bond donors (Lipinski definition) is 3. The summed E-state index contributed by atoms with van der Waals surface area (Å²) in [6, 6.07) is 8.44. The molecule has 0 radical (unpaired) electrons. The van der Waals surface area contributed by atoms with Gasteiger partial charge < -0.3 is 0 Å². The highest BCUT2D eigenvalue weighted by atomic mass is 35.5. The van der Waals surface area contributed by atoms with Gasteiger partial charge in [0.1, 0.15) is 5.82 Å². The van der Waals surface area contributed by atoms with Crippen LogP contribution in [-0.2, 0) is 10.0 Å². The van der Waals surface area contributed by atoms with E-state index in [1.54, 1.807) is 0 Å². The molecule has 0 aliphatic carbocycles. The Balaban J connectivity index is 2.16. The molecule has 0 aliphatic heterocycles. The number of nitrogens with one attached hydrogen (secondary N) is 2. The highest BCUT2D eigenvalue weighted by molar-refractivity contribution is 7.89. The maximum absolute atomic E-state index is 13.5. The van der Waals surface area contributed by atoms with Gasteiger partial charge in [0.15, 0.2) is 0 Å². The molecule has 0 saturated heterocycles. The Morgan fingerprint density at radius 1 is 1.00 bits per heavy atom. The van der Waals surface area contributed by atoms with Crippen molar-refractivity contribution in [3.05, 3.63) is 64.4 Å². The fraction of sp³-hybridized carbons (Fsp3) is 0. The van der Waals surface area contributed by atoms with Gasteiger partial charge in [-0.3, -0.25) is 20.4 Å². The average molecular weight is 372 g/mol. The van der Waals surface area contributed by atoms with E-state index in [0.717, 1.165) is 18.2 Å². The van der Waals surface area contributed by atoms with Crippen LogP contribution < -0.4 is 16.0 Å². The van der Waals surface area contributed by atoms with E-state index in [1.165, 1.54) is 24.3 Å². The van der Waals surface area contributed by atoms with Gasteiger partial charge in [-0.1, -0.05) is 23.7 Å². The summed E-state index contributed by atoms with van der Waals surface area (Å²) in [7, 11) is -4.03. The normalized spacial score (nSPS) is 11.0. The number of amides is 2. The molecule has 2 rings (SSSR count). The number of benzene rings is 2. The van der Waals surface area contributed by atoms with Gasteiger partial charge in [-0.2, -0.15) is 0 Å². The van der Waals surface area contributed by atoms with E-state index in [-0.39, 0.29) is 21.0 Å². The predicted octanol–water partition coefficient (Wildman–Crippen LogP) is 1.20. The first-order chi connectivity index (χ1) is 11.2. The molecule has 0 unspecified atom stereocenters. The van der Waals surface area contributed by atoms with Crippen molar-refractivity contribution in [3.8, 4) is 0 Å². The molecule has 0 aromatic heterocycles. The second-order valence-corrected chi connectivity index (χ2v) is 6.54. The number of carbonyl (C=O) groups excluding carboxylic acids is 2. The SMILES string of the molecule is NS(=O)(=O)c1ccc(Cl)c(C(=O)NNC(=O)c2ccccc2F)c1. The topological polar surface area (TPSA) is 118 Å². The number of carbonyl (C=O) groups is 2. The van der Waals surface area contributed by atoms with Gasteiger partial charge in [-0.15, -0.1) is 0 Å². The Morgan fingerprint density at radius 2 is 1.58 bits per heavy atom. The number of sulfonamides is 1. The van der Waals surface area contributed by atoms with Gasteiger partial charge in [-0.05, 0) is 30.3 Å². The molecule has 2 amide bonds. The first-order valence-corrected chi connectivity index (χ1v) is 8.30. The van der Waals surface area contributed by atoms with Crippen molar-refractivity contribution in [2.45, 2.75) is 4.90 Å². The molecule has 2 aromatic rings. The largest absolute Gasteiger partial charge is 0.272 e. The summed E-state index contributed by atoms with van der Waals surface area (Å²) in [5.41, 5.74) is 3.52. The van der Waals surface area contributed by atoms with Crippen molar-refractivity contribution in [1.29, 1.82) is 0 Å².